The van der Waals surface area contributed by atoms with Crippen LogP contribution >= 0.6 is 0 Å². The van der Waals surface area contributed by atoms with Crippen LogP contribution < -0.4 is 5.32 Å². The largest absolute Gasteiger partial charge is 0.381 e. The van der Waals surface area contributed by atoms with Gasteiger partial charge in [-0.25, -0.2) is 0 Å². The predicted molar refractivity (Wildman–Crippen MR) is 75.9 cm³/mol. The van der Waals surface area contributed by atoms with Crippen LogP contribution in [0.2, 0.25) is 0 Å². The first-order chi connectivity index (χ1) is 8.62. The maximum absolute atomic E-state index is 5.47. The van der Waals surface area contributed by atoms with Crippen LogP contribution in [0.1, 0.15) is 46.5 Å². The zero-order valence-electron chi connectivity index (χ0n) is 12.4. The lowest BCUT2D eigenvalue weighted by Crippen LogP contribution is -2.62. The molecular formula is C15H30N2O. The van der Waals surface area contributed by atoms with Crippen molar-refractivity contribution in [2.45, 2.75) is 58.0 Å². The van der Waals surface area contributed by atoms with Crippen molar-refractivity contribution < 1.29 is 4.74 Å². The van der Waals surface area contributed by atoms with Gasteiger partial charge < -0.3 is 10.1 Å². The molecule has 106 valence electrons. The summed E-state index contributed by atoms with van der Waals surface area (Å²) >= 11 is 0. The lowest BCUT2D eigenvalue weighted by Gasteiger charge is -2.48. The number of hydrogen-bond donors (Lipinski definition) is 1. The van der Waals surface area contributed by atoms with E-state index in [1.54, 1.807) is 0 Å². The van der Waals surface area contributed by atoms with Gasteiger partial charge in [0, 0.05) is 44.4 Å². The van der Waals surface area contributed by atoms with E-state index in [-0.39, 0.29) is 0 Å². The van der Waals surface area contributed by atoms with Gasteiger partial charge in [0.15, 0.2) is 0 Å². The maximum atomic E-state index is 5.47. The van der Waals surface area contributed by atoms with Crippen LogP contribution in [0.25, 0.3) is 0 Å². The molecule has 1 atom stereocenters. The minimum absolute atomic E-state index is 0.308. The zero-order chi connectivity index (χ0) is 13.0. The van der Waals surface area contributed by atoms with E-state index in [4.69, 9.17) is 4.74 Å². The van der Waals surface area contributed by atoms with Crippen molar-refractivity contribution in [2.24, 2.45) is 5.92 Å². The molecule has 2 rings (SSSR count). The van der Waals surface area contributed by atoms with E-state index in [0.29, 0.717) is 11.6 Å². The molecule has 0 bridgehead atoms. The Morgan fingerprint density at radius 2 is 2.00 bits per heavy atom. The first-order valence-electron chi connectivity index (χ1n) is 7.68. The van der Waals surface area contributed by atoms with Crippen LogP contribution in [-0.4, -0.2) is 49.3 Å². The van der Waals surface area contributed by atoms with Crippen LogP contribution in [0.3, 0.4) is 0 Å². The van der Waals surface area contributed by atoms with Crippen molar-refractivity contribution >= 4 is 0 Å². The summed E-state index contributed by atoms with van der Waals surface area (Å²) in [5, 5.41) is 3.71. The predicted octanol–water partition coefficient (Wildman–Crippen LogP) is 2.27. The zero-order valence-corrected chi connectivity index (χ0v) is 12.4. The van der Waals surface area contributed by atoms with Crippen LogP contribution in [0, 0.1) is 5.92 Å². The Kier molecular flexibility index (Phi) is 5.05. The molecule has 2 saturated heterocycles. The Labute approximate surface area is 112 Å². The molecular weight excluding hydrogens is 224 g/mol. The molecule has 2 fully saturated rings. The SMILES string of the molecule is CCCC1CN(CC2CCOCC2)C(C)(C)CN1. The van der Waals surface area contributed by atoms with Crippen molar-refractivity contribution in [1.82, 2.24) is 10.2 Å². The molecule has 0 aromatic rings. The van der Waals surface area contributed by atoms with Crippen molar-refractivity contribution in [3.05, 3.63) is 0 Å². The molecule has 3 nitrogen and oxygen atoms in total. The summed E-state index contributed by atoms with van der Waals surface area (Å²) in [7, 11) is 0. The van der Waals surface area contributed by atoms with Gasteiger partial charge in [-0.3, -0.25) is 4.90 Å². The molecule has 2 aliphatic rings. The summed E-state index contributed by atoms with van der Waals surface area (Å²) in [6, 6.07) is 0.697. The molecule has 3 heteroatoms. The third-order valence-corrected chi connectivity index (χ3v) is 4.58. The highest BCUT2D eigenvalue weighted by Gasteiger charge is 2.34. The molecule has 0 amide bonds. The molecule has 0 radical (unpaired) electrons. The Bertz CT molecular complexity index is 249. The third-order valence-electron chi connectivity index (χ3n) is 4.58. The van der Waals surface area contributed by atoms with Crippen LogP contribution in [0.4, 0.5) is 0 Å². The van der Waals surface area contributed by atoms with Crippen molar-refractivity contribution in [3.63, 3.8) is 0 Å². The van der Waals surface area contributed by atoms with Gasteiger partial charge in [-0.15, -0.1) is 0 Å². The normalized spacial score (nSPS) is 30.5. The number of ether oxygens (including phenoxy) is 1. The molecule has 2 aliphatic heterocycles. The second kappa shape index (κ2) is 6.36. The molecule has 0 spiro atoms. The lowest BCUT2D eigenvalue weighted by molar-refractivity contribution is 0.0114. The molecule has 0 aliphatic carbocycles. The molecule has 2 heterocycles. The summed E-state index contributed by atoms with van der Waals surface area (Å²) in [6.45, 7) is 12.6. The fraction of sp³-hybridized carbons (Fsp3) is 1.00. The minimum atomic E-state index is 0.308. The summed E-state index contributed by atoms with van der Waals surface area (Å²) < 4.78 is 5.47. The highest BCUT2D eigenvalue weighted by atomic mass is 16.5. The number of piperazine rings is 1. The topological polar surface area (TPSA) is 24.5 Å². The number of rotatable bonds is 4. The number of nitrogens with one attached hydrogen (secondary N) is 1. The van der Waals surface area contributed by atoms with Crippen LogP contribution in [0.5, 0.6) is 0 Å². The van der Waals surface area contributed by atoms with Crippen molar-refractivity contribution in [3.8, 4) is 0 Å². The van der Waals surface area contributed by atoms with Crippen molar-refractivity contribution in [1.29, 1.82) is 0 Å². The molecule has 1 N–H and O–H groups in total. The monoisotopic (exact) mass is 254 g/mol. The number of hydrogen-bond acceptors (Lipinski definition) is 3. The van der Waals surface area contributed by atoms with Crippen molar-refractivity contribution in [2.75, 3.05) is 32.8 Å². The number of nitrogens with zero attached hydrogens (tertiary/aromatic N) is 1. The Morgan fingerprint density at radius 3 is 2.67 bits per heavy atom. The summed E-state index contributed by atoms with van der Waals surface area (Å²) in [4.78, 5) is 2.72. The van der Waals surface area contributed by atoms with E-state index in [2.05, 4.69) is 31.0 Å². The molecule has 0 saturated carbocycles. The quantitative estimate of drug-likeness (QED) is 0.833. The standard InChI is InChI=1S/C15H30N2O/c1-4-5-14-11-17(15(2,3)12-16-14)10-13-6-8-18-9-7-13/h13-14,16H,4-12H2,1-3H3. The highest BCUT2D eigenvalue weighted by Crippen LogP contribution is 2.24. The third kappa shape index (κ3) is 3.69. The Morgan fingerprint density at radius 1 is 1.28 bits per heavy atom. The molecule has 0 aromatic carbocycles. The van der Waals surface area contributed by atoms with E-state index in [1.807, 2.05) is 0 Å². The van der Waals surface area contributed by atoms with Gasteiger partial charge in [-0.2, -0.15) is 0 Å². The van der Waals surface area contributed by atoms with Gasteiger partial charge in [-0.05, 0) is 39.0 Å². The van der Waals surface area contributed by atoms with E-state index in [9.17, 15) is 0 Å². The average molecular weight is 254 g/mol. The van der Waals surface area contributed by atoms with E-state index in [1.165, 1.54) is 38.8 Å². The molecule has 0 aromatic heterocycles. The fourth-order valence-corrected chi connectivity index (χ4v) is 3.19. The van der Waals surface area contributed by atoms with E-state index < -0.39 is 0 Å². The fourth-order valence-electron chi connectivity index (χ4n) is 3.19. The first kappa shape index (κ1) is 14.3. The second-order valence-corrected chi connectivity index (χ2v) is 6.64. The van der Waals surface area contributed by atoms with Gasteiger partial charge in [0.25, 0.3) is 0 Å². The summed E-state index contributed by atoms with van der Waals surface area (Å²) in [5.74, 6) is 0.846. The lowest BCUT2D eigenvalue weighted by atomic mass is 9.92. The Balaban J connectivity index is 1.89. The van der Waals surface area contributed by atoms with Crippen LogP contribution in [-0.2, 0) is 4.74 Å². The molecule has 18 heavy (non-hydrogen) atoms. The van der Waals surface area contributed by atoms with E-state index >= 15 is 0 Å². The van der Waals surface area contributed by atoms with Crippen LogP contribution in [0.15, 0.2) is 0 Å². The van der Waals surface area contributed by atoms with Gasteiger partial charge in [0.1, 0.15) is 0 Å². The Hall–Kier alpha value is -0.120. The van der Waals surface area contributed by atoms with Gasteiger partial charge in [0.2, 0.25) is 0 Å². The van der Waals surface area contributed by atoms with E-state index in [0.717, 1.165) is 25.7 Å². The average Bonchev–Trinajstić information content (AvgIpc) is 2.35. The second-order valence-electron chi connectivity index (χ2n) is 6.64. The highest BCUT2D eigenvalue weighted by molar-refractivity contribution is 4.93. The van der Waals surface area contributed by atoms with Gasteiger partial charge >= 0.3 is 0 Å². The molecule has 1 unspecified atom stereocenters. The van der Waals surface area contributed by atoms with Gasteiger partial charge in [-0.1, -0.05) is 13.3 Å². The smallest absolute Gasteiger partial charge is 0.0469 e. The minimum Gasteiger partial charge on any atom is -0.381 e. The van der Waals surface area contributed by atoms with Gasteiger partial charge in [0.05, 0.1) is 0 Å². The summed E-state index contributed by atoms with van der Waals surface area (Å²) in [6.07, 6.45) is 5.08. The maximum Gasteiger partial charge on any atom is 0.0469 e. The summed E-state index contributed by atoms with van der Waals surface area (Å²) in [5.41, 5.74) is 0.308. The first-order valence-corrected chi connectivity index (χ1v) is 7.68.